The zero-order chi connectivity index (χ0) is 12.3. The predicted molar refractivity (Wildman–Crippen MR) is 62.0 cm³/mol. The lowest BCUT2D eigenvalue weighted by molar-refractivity contribution is 0.0697. The van der Waals surface area contributed by atoms with Gasteiger partial charge >= 0.3 is 5.97 Å². The first kappa shape index (κ1) is 11.2. The summed E-state index contributed by atoms with van der Waals surface area (Å²) in [5, 5.41) is 15.7. The average Bonchev–Trinajstić information content (AvgIpc) is 2.73. The molecule has 1 aromatic carbocycles. The lowest BCUT2D eigenvalue weighted by Gasteiger charge is -2.03. The van der Waals surface area contributed by atoms with Crippen LogP contribution in [-0.4, -0.2) is 16.2 Å². The normalized spacial score (nSPS) is 10.2. The first-order valence-corrected chi connectivity index (χ1v) is 5.14. The van der Waals surface area contributed by atoms with Crippen LogP contribution in [0.1, 0.15) is 21.8 Å². The molecule has 0 amide bonds. The number of aromatic nitrogens is 1. The quantitative estimate of drug-likeness (QED) is 0.845. The number of carbonyl (C=O) groups is 1. The zero-order valence-electron chi connectivity index (χ0n) is 9.30. The van der Waals surface area contributed by atoms with E-state index >= 15 is 0 Å². The highest BCUT2D eigenvalue weighted by Crippen LogP contribution is 2.11. The molecule has 88 valence electrons. The molecule has 0 unspecified atom stereocenters. The number of benzene rings is 1. The van der Waals surface area contributed by atoms with Crippen LogP contribution in [0.15, 0.2) is 34.9 Å². The smallest absolute Gasteiger partial charge is 0.335 e. The van der Waals surface area contributed by atoms with Gasteiger partial charge in [-0.05, 0) is 31.2 Å². The van der Waals surface area contributed by atoms with Crippen LogP contribution in [0.2, 0.25) is 0 Å². The predicted octanol–water partition coefficient (Wildman–Crippen LogP) is 2.29. The Balaban J connectivity index is 1.97. The van der Waals surface area contributed by atoms with E-state index in [0.29, 0.717) is 6.54 Å². The summed E-state index contributed by atoms with van der Waals surface area (Å²) in [4.78, 5) is 10.7. The summed E-state index contributed by atoms with van der Waals surface area (Å²) >= 11 is 0. The average molecular weight is 232 g/mol. The molecule has 0 radical (unpaired) electrons. The lowest BCUT2D eigenvalue weighted by atomic mass is 10.2. The van der Waals surface area contributed by atoms with Gasteiger partial charge in [-0.1, -0.05) is 5.16 Å². The monoisotopic (exact) mass is 232 g/mol. The van der Waals surface area contributed by atoms with Crippen LogP contribution in [0.5, 0.6) is 0 Å². The number of anilines is 1. The van der Waals surface area contributed by atoms with Gasteiger partial charge in [0.15, 0.2) is 0 Å². The van der Waals surface area contributed by atoms with Gasteiger partial charge in [-0.15, -0.1) is 0 Å². The summed E-state index contributed by atoms with van der Waals surface area (Å²) in [5.41, 5.74) is 1.92. The van der Waals surface area contributed by atoms with Gasteiger partial charge in [-0.3, -0.25) is 0 Å². The highest BCUT2D eigenvalue weighted by molar-refractivity contribution is 5.87. The molecule has 0 bridgehead atoms. The molecule has 2 N–H and O–H groups in total. The summed E-state index contributed by atoms with van der Waals surface area (Å²) in [5.74, 6) is -0.160. The number of hydrogen-bond acceptors (Lipinski definition) is 4. The Kier molecular flexibility index (Phi) is 3.09. The van der Waals surface area contributed by atoms with Crippen molar-refractivity contribution in [2.45, 2.75) is 13.5 Å². The second-order valence-electron chi connectivity index (χ2n) is 3.66. The number of aromatic carboxylic acids is 1. The van der Waals surface area contributed by atoms with E-state index < -0.39 is 5.97 Å². The maximum absolute atomic E-state index is 10.7. The number of hydrogen-bond donors (Lipinski definition) is 2. The molecule has 0 aliphatic rings. The second kappa shape index (κ2) is 4.69. The van der Waals surface area contributed by atoms with Crippen molar-refractivity contribution in [1.29, 1.82) is 0 Å². The van der Waals surface area contributed by atoms with E-state index in [1.54, 1.807) is 24.3 Å². The van der Waals surface area contributed by atoms with Crippen molar-refractivity contribution in [3.05, 3.63) is 47.3 Å². The Morgan fingerprint density at radius 2 is 2.12 bits per heavy atom. The molecule has 5 heteroatoms. The van der Waals surface area contributed by atoms with E-state index in [2.05, 4.69) is 10.5 Å². The third-order valence-corrected chi connectivity index (χ3v) is 2.28. The molecule has 0 aliphatic heterocycles. The van der Waals surface area contributed by atoms with Gasteiger partial charge in [0.1, 0.15) is 11.5 Å². The fraction of sp³-hybridized carbons (Fsp3) is 0.167. The van der Waals surface area contributed by atoms with Crippen molar-refractivity contribution in [2.75, 3.05) is 5.32 Å². The molecule has 1 heterocycles. The van der Waals surface area contributed by atoms with Crippen molar-refractivity contribution in [1.82, 2.24) is 5.16 Å². The van der Waals surface area contributed by atoms with Crippen LogP contribution in [0.4, 0.5) is 5.69 Å². The van der Waals surface area contributed by atoms with Crippen LogP contribution in [0.3, 0.4) is 0 Å². The Labute approximate surface area is 98.1 Å². The maximum Gasteiger partial charge on any atom is 0.335 e. The summed E-state index contributed by atoms with van der Waals surface area (Å²) in [7, 11) is 0. The molecule has 2 aromatic rings. The number of nitrogens with one attached hydrogen (secondary N) is 1. The molecule has 17 heavy (non-hydrogen) atoms. The van der Waals surface area contributed by atoms with E-state index in [0.717, 1.165) is 17.1 Å². The molecule has 1 aromatic heterocycles. The topological polar surface area (TPSA) is 75.4 Å². The van der Waals surface area contributed by atoms with Crippen molar-refractivity contribution in [2.24, 2.45) is 0 Å². The van der Waals surface area contributed by atoms with Gasteiger partial charge < -0.3 is 14.9 Å². The third kappa shape index (κ3) is 2.84. The molecule has 0 spiro atoms. The number of rotatable bonds is 4. The largest absolute Gasteiger partial charge is 0.478 e. The van der Waals surface area contributed by atoms with Crippen LogP contribution in [0, 0.1) is 6.92 Å². The van der Waals surface area contributed by atoms with Gasteiger partial charge in [-0.25, -0.2) is 4.79 Å². The van der Waals surface area contributed by atoms with E-state index in [4.69, 9.17) is 9.63 Å². The van der Waals surface area contributed by atoms with Gasteiger partial charge in [0.05, 0.1) is 12.1 Å². The Hall–Kier alpha value is -2.30. The first-order chi connectivity index (χ1) is 8.15. The third-order valence-electron chi connectivity index (χ3n) is 2.28. The summed E-state index contributed by atoms with van der Waals surface area (Å²) in [6, 6.07) is 8.39. The van der Waals surface area contributed by atoms with Gasteiger partial charge in [0.2, 0.25) is 0 Å². The summed E-state index contributed by atoms with van der Waals surface area (Å²) in [6.07, 6.45) is 0. The second-order valence-corrected chi connectivity index (χ2v) is 3.66. The van der Waals surface area contributed by atoms with E-state index in [9.17, 15) is 4.79 Å². The molecule has 0 saturated carbocycles. The van der Waals surface area contributed by atoms with Crippen molar-refractivity contribution >= 4 is 11.7 Å². The Bertz CT molecular complexity index is 517. The first-order valence-electron chi connectivity index (χ1n) is 5.14. The van der Waals surface area contributed by atoms with E-state index in [-0.39, 0.29) is 5.56 Å². The van der Waals surface area contributed by atoms with Crippen molar-refractivity contribution < 1.29 is 14.4 Å². The SMILES string of the molecule is Cc1cc(CNc2ccc(C(=O)O)cc2)no1. The molecule has 0 aliphatic carbocycles. The fourth-order valence-electron chi connectivity index (χ4n) is 1.42. The molecule has 0 saturated heterocycles. The summed E-state index contributed by atoms with van der Waals surface area (Å²) in [6.45, 7) is 2.38. The molecule has 5 nitrogen and oxygen atoms in total. The summed E-state index contributed by atoms with van der Waals surface area (Å²) < 4.78 is 4.94. The van der Waals surface area contributed by atoms with Crippen LogP contribution in [-0.2, 0) is 6.54 Å². The van der Waals surface area contributed by atoms with Crippen molar-refractivity contribution in [3.8, 4) is 0 Å². The Morgan fingerprint density at radius 1 is 1.41 bits per heavy atom. The number of carboxylic acid groups (broad SMARTS) is 1. The highest BCUT2D eigenvalue weighted by Gasteiger charge is 2.02. The van der Waals surface area contributed by atoms with Gasteiger partial charge in [0, 0.05) is 11.8 Å². The number of carboxylic acids is 1. The molecular weight excluding hydrogens is 220 g/mol. The minimum Gasteiger partial charge on any atom is -0.478 e. The lowest BCUT2D eigenvalue weighted by Crippen LogP contribution is -2.00. The van der Waals surface area contributed by atoms with Gasteiger partial charge in [0.25, 0.3) is 0 Å². The number of nitrogens with zero attached hydrogens (tertiary/aromatic N) is 1. The standard InChI is InChI=1S/C12H12N2O3/c1-8-6-11(14-17-8)7-13-10-4-2-9(3-5-10)12(15)16/h2-6,13H,7H2,1H3,(H,15,16). The van der Waals surface area contributed by atoms with Crippen LogP contribution in [0.25, 0.3) is 0 Å². The van der Waals surface area contributed by atoms with Crippen LogP contribution >= 0.6 is 0 Å². The molecule has 0 atom stereocenters. The Morgan fingerprint density at radius 3 is 2.65 bits per heavy atom. The minimum absolute atomic E-state index is 0.271. The molecule has 0 fully saturated rings. The molecular formula is C12H12N2O3. The van der Waals surface area contributed by atoms with Crippen molar-refractivity contribution in [3.63, 3.8) is 0 Å². The van der Waals surface area contributed by atoms with E-state index in [1.807, 2.05) is 13.0 Å². The van der Waals surface area contributed by atoms with Crippen LogP contribution < -0.4 is 5.32 Å². The van der Waals surface area contributed by atoms with E-state index in [1.165, 1.54) is 0 Å². The number of aryl methyl sites for hydroxylation is 1. The highest BCUT2D eigenvalue weighted by atomic mass is 16.5. The fourth-order valence-corrected chi connectivity index (χ4v) is 1.42. The van der Waals surface area contributed by atoms with Gasteiger partial charge in [-0.2, -0.15) is 0 Å². The minimum atomic E-state index is -0.927. The molecule has 2 rings (SSSR count). The maximum atomic E-state index is 10.7. The zero-order valence-corrected chi connectivity index (χ0v) is 9.30.